The molecule has 3 N–H and O–H groups in total. The molecule has 0 spiro atoms. The fraction of sp³-hybridized carbons (Fsp3) is 0.200. The second-order valence-corrected chi connectivity index (χ2v) is 7.42. The summed E-state index contributed by atoms with van der Waals surface area (Å²) in [7, 11) is 0. The molecule has 2 aromatic rings. The van der Waals surface area contributed by atoms with Crippen LogP contribution in [0.5, 0.6) is 11.5 Å². The lowest BCUT2D eigenvalue weighted by atomic mass is 9.87. The normalized spacial score (nSPS) is 18.0. The number of carbonyl (C=O) groups is 1. The van der Waals surface area contributed by atoms with E-state index in [2.05, 4.69) is 22.5 Å². The Bertz CT molecular complexity index is 1080. The van der Waals surface area contributed by atoms with Gasteiger partial charge >= 0.3 is 0 Å². The highest BCUT2D eigenvalue weighted by atomic mass is 35.5. The van der Waals surface area contributed by atoms with Crippen molar-refractivity contribution in [1.82, 2.24) is 10.6 Å². The van der Waals surface area contributed by atoms with Gasteiger partial charge < -0.3 is 25.8 Å². The Hall–Kier alpha value is -3.37. The Labute approximate surface area is 188 Å². The van der Waals surface area contributed by atoms with Crippen molar-refractivity contribution in [3.8, 4) is 11.5 Å². The number of nitro groups is 1. The highest BCUT2D eigenvalue weighted by molar-refractivity contribution is 7.80. The van der Waals surface area contributed by atoms with Crippen LogP contribution in [0.2, 0.25) is 5.02 Å². The number of hydrogen-bond acceptors (Lipinski definition) is 6. The molecule has 2 atom stereocenters. The molecular weight excluding hydrogens is 444 g/mol. The molecule has 1 aliphatic heterocycles. The molecule has 31 heavy (non-hydrogen) atoms. The topological polar surface area (TPSA) is 129 Å². The van der Waals surface area contributed by atoms with Gasteiger partial charge in [0.1, 0.15) is 11.7 Å². The van der Waals surface area contributed by atoms with Gasteiger partial charge in [-0.15, -0.1) is 0 Å². The van der Waals surface area contributed by atoms with E-state index in [1.807, 2.05) is 0 Å². The van der Waals surface area contributed by atoms with Crippen LogP contribution >= 0.6 is 23.8 Å². The van der Waals surface area contributed by atoms with E-state index in [4.69, 9.17) is 28.6 Å². The summed E-state index contributed by atoms with van der Waals surface area (Å²) in [6.45, 7) is 5.67. The van der Waals surface area contributed by atoms with E-state index in [0.29, 0.717) is 10.7 Å². The number of halogens is 1. The van der Waals surface area contributed by atoms with Gasteiger partial charge in [-0.05, 0) is 42.9 Å². The Morgan fingerprint density at radius 2 is 2.10 bits per heavy atom. The van der Waals surface area contributed by atoms with Gasteiger partial charge in [0.2, 0.25) is 5.91 Å². The largest absolute Gasteiger partial charge is 0.865 e. The van der Waals surface area contributed by atoms with Crippen molar-refractivity contribution in [2.75, 3.05) is 11.9 Å². The van der Waals surface area contributed by atoms with Crippen LogP contribution < -0.4 is 25.8 Å². The van der Waals surface area contributed by atoms with Gasteiger partial charge in [-0.25, -0.2) is 0 Å². The SMILES string of the molecule is C=C1NC(=S)N[C@H](c2cc(OCC)c([O-])c([N+](=O)[O-])c2)[C@H]1C(=O)Nc1ccccc1Cl. The van der Waals surface area contributed by atoms with Crippen LogP contribution in [0.1, 0.15) is 18.5 Å². The van der Waals surface area contributed by atoms with Crippen molar-refractivity contribution in [2.24, 2.45) is 5.92 Å². The second kappa shape index (κ2) is 9.19. The van der Waals surface area contributed by atoms with Crippen molar-refractivity contribution >= 4 is 46.2 Å². The van der Waals surface area contributed by atoms with Crippen LogP contribution in [0.4, 0.5) is 11.4 Å². The molecule has 162 valence electrons. The molecule has 1 saturated heterocycles. The van der Waals surface area contributed by atoms with Gasteiger partial charge in [-0.1, -0.05) is 30.3 Å². The van der Waals surface area contributed by atoms with E-state index in [1.165, 1.54) is 6.07 Å². The van der Waals surface area contributed by atoms with Crippen LogP contribution in [0.15, 0.2) is 48.7 Å². The van der Waals surface area contributed by atoms with Crippen molar-refractivity contribution in [3.63, 3.8) is 0 Å². The molecule has 1 fully saturated rings. The molecule has 3 rings (SSSR count). The maximum absolute atomic E-state index is 13.1. The molecule has 0 radical (unpaired) electrons. The fourth-order valence-corrected chi connectivity index (χ4v) is 3.67. The van der Waals surface area contributed by atoms with E-state index in [0.717, 1.165) is 6.07 Å². The number of ether oxygens (including phenoxy) is 1. The summed E-state index contributed by atoms with van der Waals surface area (Å²) in [5.41, 5.74) is 0.289. The number of benzene rings is 2. The lowest BCUT2D eigenvalue weighted by Gasteiger charge is -2.35. The molecule has 2 aromatic carbocycles. The summed E-state index contributed by atoms with van der Waals surface area (Å²) in [4.78, 5) is 23.8. The average molecular weight is 462 g/mol. The van der Waals surface area contributed by atoms with Gasteiger partial charge in [0.15, 0.2) is 5.11 Å². The second-order valence-electron chi connectivity index (χ2n) is 6.61. The molecule has 0 aliphatic carbocycles. The summed E-state index contributed by atoms with van der Waals surface area (Å²) in [5, 5.41) is 32.7. The molecule has 0 aromatic heterocycles. The minimum atomic E-state index is -0.936. The molecule has 1 heterocycles. The average Bonchev–Trinajstić information content (AvgIpc) is 2.70. The zero-order valence-electron chi connectivity index (χ0n) is 16.3. The van der Waals surface area contributed by atoms with Crippen LogP contribution in [0.25, 0.3) is 0 Å². The van der Waals surface area contributed by atoms with Gasteiger partial charge in [0.05, 0.1) is 28.3 Å². The number of hydrogen-bond donors (Lipinski definition) is 3. The molecule has 0 unspecified atom stereocenters. The first kappa shape index (κ1) is 22.3. The number of nitrogens with zero attached hydrogens (tertiary/aromatic N) is 1. The third-order valence-corrected chi connectivity index (χ3v) is 5.15. The number of rotatable bonds is 6. The lowest BCUT2D eigenvalue weighted by Crippen LogP contribution is -2.51. The maximum atomic E-state index is 13.1. The van der Waals surface area contributed by atoms with E-state index in [9.17, 15) is 20.0 Å². The summed E-state index contributed by atoms with van der Waals surface area (Å²) in [5.74, 6) is -2.44. The van der Waals surface area contributed by atoms with Crippen LogP contribution in [-0.2, 0) is 4.79 Å². The van der Waals surface area contributed by atoms with Crippen molar-refractivity contribution < 1.29 is 19.6 Å². The number of amides is 1. The minimum absolute atomic E-state index is 0.136. The van der Waals surface area contributed by atoms with Crippen molar-refractivity contribution in [3.05, 3.63) is 69.4 Å². The van der Waals surface area contributed by atoms with Crippen LogP contribution in [0.3, 0.4) is 0 Å². The predicted octanol–water partition coefficient (Wildman–Crippen LogP) is 3.01. The zero-order chi connectivity index (χ0) is 22.7. The minimum Gasteiger partial charge on any atom is -0.865 e. The number of anilines is 1. The molecule has 1 aliphatic rings. The van der Waals surface area contributed by atoms with Crippen molar-refractivity contribution in [1.29, 1.82) is 0 Å². The van der Waals surface area contributed by atoms with Gasteiger partial charge in [-0.2, -0.15) is 0 Å². The van der Waals surface area contributed by atoms with Gasteiger partial charge in [0.25, 0.3) is 5.69 Å². The summed E-state index contributed by atoms with van der Waals surface area (Å²) in [6.07, 6.45) is 0. The van der Waals surface area contributed by atoms with Gasteiger partial charge in [-0.3, -0.25) is 14.9 Å². The summed E-state index contributed by atoms with van der Waals surface area (Å²) in [6, 6.07) is 8.33. The van der Waals surface area contributed by atoms with E-state index in [-0.39, 0.29) is 28.7 Å². The molecule has 9 nitrogen and oxygen atoms in total. The molecular formula is C20H18ClN4O5S-. The molecule has 11 heteroatoms. The first-order valence-corrected chi connectivity index (χ1v) is 9.95. The summed E-state index contributed by atoms with van der Waals surface area (Å²) < 4.78 is 5.29. The third-order valence-electron chi connectivity index (χ3n) is 4.60. The monoisotopic (exact) mass is 461 g/mol. The Kier molecular flexibility index (Phi) is 6.62. The Morgan fingerprint density at radius 3 is 2.74 bits per heavy atom. The number of thiocarbonyl (C=S) groups is 1. The lowest BCUT2D eigenvalue weighted by molar-refractivity contribution is -0.398. The molecule has 0 bridgehead atoms. The molecule has 0 saturated carbocycles. The van der Waals surface area contributed by atoms with Crippen molar-refractivity contribution in [2.45, 2.75) is 13.0 Å². The zero-order valence-corrected chi connectivity index (χ0v) is 17.9. The third kappa shape index (κ3) is 4.70. The number of para-hydroxylation sites is 1. The Balaban J connectivity index is 2.05. The quantitative estimate of drug-likeness (QED) is 0.340. The highest BCUT2D eigenvalue weighted by Crippen LogP contribution is 2.40. The molecule has 1 amide bonds. The first-order chi connectivity index (χ1) is 14.7. The maximum Gasteiger partial charge on any atom is 0.265 e. The van der Waals surface area contributed by atoms with Gasteiger partial charge in [0, 0.05) is 17.5 Å². The highest BCUT2D eigenvalue weighted by Gasteiger charge is 2.38. The van der Waals surface area contributed by atoms with Crippen LogP contribution in [-0.4, -0.2) is 22.5 Å². The predicted molar refractivity (Wildman–Crippen MR) is 118 cm³/mol. The number of carbonyl (C=O) groups excluding carboxylic acids is 1. The number of nitrogens with one attached hydrogen (secondary N) is 3. The van der Waals surface area contributed by atoms with Crippen LogP contribution in [0, 0.1) is 16.0 Å². The standard InChI is InChI=1S/C20H19ClN4O5S/c1-3-30-15-9-11(8-14(18(15)26)25(28)29)17-16(10(2)22-20(31)24-17)19(27)23-13-7-5-4-6-12(13)21/h4-9,16-17,26H,2-3H2,1H3,(H,23,27)(H2,22,24,31)/p-1/t16-,17+/m0/s1. The van der Waals surface area contributed by atoms with E-state index < -0.39 is 34.2 Å². The summed E-state index contributed by atoms with van der Waals surface area (Å²) >= 11 is 11.3. The van der Waals surface area contributed by atoms with E-state index in [1.54, 1.807) is 31.2 Å². The van der Waals surface area contributed by atoms with E-state index >= 15 is 0 Å². The smallest absolute Gasteiger partial charge is 0.265 e. The fourth-order valence-electron chi connectivity index (χ4n) is 3.23. The first-order valence-electron chi connectivity index (χ1n) is 9.16. The Morgan fingerprint density at radius 1 is 1.39 bits per heavy atom. The number of nitro benzene ring substituents is 1.